The van der Waals surface area contributed by atoms with Crippen LogP contribution in [-0.2, 0) is 0 Å². The normalized spacial score (nSPS) is 15.0. The second-order valence-corrected chi connectivity index (χ2v) is 4.70. The molecule has 0 saturated heterocycles. The lowest BCUT2D eigenvalue weighted by molar-refractivity contribution is 1.36. The van der Waals surface area contributed by atoms with Crippen LogP contribution in [0.1, 0.15) is 24.0 Å². The Labute approximate surface area is 120 Å². The molecule has 0 radical (unpaired) electrons. The van der Waals surface area contributed by atoms with Gasteiger partial charge in [-0.25, -0.2) is 0 Å². The summed E-state index contributed by atoms with van der Waals surface area (Å²) in [6.45, 7) is 0. The van der Waals surface area contributed by atoms with Gasteiger partial charge in [-0.3, -0.25) is 0 Å². The zero-order valence-corrected chi connectivity index (χ0v) is 11.2. The van der Waals surface area contributed by atoms with Crippen LogP contribution in [-0.4, -0.2) is 0 Å². The van der Waals surface area contributed by atoms with Crippen LogP contribution in [0.4, 0.5) is 0 Å². The van der Waals surface area contributed by atoms with Gasteiger partial charge in [-0.05, 0) is 31.0 Å². The fourth-order valence-corrected chi connectivity index (χ4v) is 2.06. The van der Waals surface area contributed by atoms with E-state index in [2.05, 4.69) is 60.1 Å². The Morgan fingerprint density at radius 3 is 2.45 bits per heavy atom. The van der Waals surface area contributed by atoms with E-state index < -0.39 is 0 Å². The minimum atomic E-state index is 0.951. The Balaban J connectivity index is 1.77. The lowest BCUT2D eigenvalue weighted by atomic mass is 10.1. The van der Waals surface area contributed by atoms with E-state index in [4.69, 9.17) is 0 Å². The van der Waals surface area contributed by atoms with Gasteiger partial charge in [0.1, 0.15) is 0 Å². The van der Waals surface area contributed by atoms with Gasteiger partial charge in [0.2, 0.25) is 0 Å². The third kappa shape index (κ3) is 3.19. The van der Waals surface area contributed by atoms with Crippen molar-refractivity contribution in [3.05, 3.63) is 83.0 Å². The standard InChI is InChI=1S/C20H14/c1-2-7-17(6-1)12-14-19-10-5-11-20(16-19)15-13-18-8-3-4-9-18/h1-3,5-6,8-11,16H,4,7H2. The van der Waals surface area contributed by atoms with E-state index >= 15 is 0 Å². The molecule has 0 heterocycles. The largest absolute Gasteiger partial charge is 0.0795 e. The minimum absolute atomic E-state index is 0.951. The molecule has 0 atom stereocenters. The van der Waals surface area contributed by atoms with E-state index in [1.165, 1.54) is 5.57 Å². The van der Waals surface area contributed by atoms with Gasteiger partial charge in [0.25, 0.3) is 0 Å². The molecule has 1 aromatic rings. The highest BCUT2D eigenvalue weighted by Gasteiger charge is 1.95. The summed E-state index contributed by atoms with van der Waals surface area (Å²) in [5, 5.41) is 0. The highest BCUT2D eigenvalue weighted by atomic mass is 14.0. The van der Waals surface area contributed by atoms with Crippen molar-refractivity contribution in [1.82, 2.24) is 0 Å². The summed E-state index contributed by atoms with van der Waals surface area (Å²) < 4.78 is 0. The molecule has 3 rings (SSSR count). The summed E-state index contributed by atoms with van der Waals surface area (Å²) in [7, 11) is 0. The molecule has 0 amide bonds. The molecule has 0 spiro atoms. The summed E-state index contributed by atoms with van der Waals surface area (Å²) in [6.07, 6.45) is 14.5. The molecule has 2 aliphatic carbocycles. The molecule has 2 aliphatic rings. The summed E-state index contributed by atoms with van der Waals surface area (Å²) >= 11 is 0. The third-order valence-corrected chi connectivity index (χ3v) is 3.12. The molecule has 1 aromatic carbocycles. The zero-order valence-electron chi connectivity index (χ0n) is 11.2. The van der Waals surface area contributed by atoms with Crippen molar-refractivity contribution in [2.24, 2.45) is 0 Å². The number of hydrogen-bond acceptors (Lipinski definition) is 0. The second kappa shape index (κ2) is 5.96. The van der Waals surface area contributed by atoms with Crippen LogP contribution in [0.2, 0.25) is 0 Å². The molecule has 0 aromatic heterocycles. The monoisotopic (exact) mass is 254 g/mol. The fourth-order valence-electron chi connectivity index (χ4n) is 2.06. The molecule has 94 valence electrons. The zero-order chi connectivity index (χ0) is 13.6. The van der Waals surface area contributed by atoms with Gasteiger partial charge in [0.15, 0.2) is 0 Å². The van der Waals surface area contributed by atoms with E-state index in [0.717, 1.165) is 29.5 Å². The van der Waals surface area contributed by atoms with Crippen LogP contribution in [0.5, 0.6) is 0 Å². The molecule has 0 heteroatoms. The van der Waals surface area contributed by atoms with Gasteiger partial charge in [0, 0.05) is 22.3 Å². The quantitative estimate of drug-likeness (QED) is 0.610. The van der Waals surface area contributed by atoms with Crippen molar-refractivity contribution in [3.8, 4) is 23.7 Å². The van der Waals surface area contributed by atoms with Crippen LogP contribution in [0.3, 0.4) is 0 Å². The first kappa shape index (κ1) is 12.3. The number of allylic oxidation sites excluding steroid dienone is 8. The van der Waals surface area contributed by atoms with Crippen molar-refractivity contribution in [2.75, 3.05) is 0 Å². The molecular formula is C20H14. The van der Waals surface area contributed by atoms with E-state index in [-0.39, 0.29) is 0 Å². The van der Waals surface area contributed by atoms with Gasteiger partial charge in [-0.15, -0.1) is 0 Å². The van der Waals surface area contributed by atoms with Gasteiger partial charge < -0.3 is 0 Å². The van der Waals surface area contributed by atoms with E-state index in [1.54, 1.807) is 0 Å². The average molecular weight is 254 g/mol. The van der Waals surface area contributed by atoms with Gasteiger partial charge in [-0.1, -0.05) is 66.2 Å². The fraction of sp³-hybridized carbons (Fsp3) is 0.100. The van der Waals surface area contributed by atoms with E-state index in [1.807, 2.05) is 24.3 Å². The maximum absolute atomic E-state index is 3.20. The smallest absolute Gasteiger partial charge is 0.0261 e. The predicted octanol–water partition coefficient (Wildman–Crippen LogP) is 4.16. The summed E-state index contributed by atoms with van der Waals surface area (Å²) in [5.41, 5.74) is 4.29. The molecule has 0 fully saturated rings. The molecular weight excluding hydrogens is 240 g/mol. The van der Waals surface area contributed by atoms with Crippen molar-refractivity contribution in [3.63, 3.8) is 0 Å². The van der Waals surface area contributed by atoms with Gasteiger partial charge >= 0.3 is 0 Å². The highest BCUT2D eigenvalue weighted by Crippen LogP contribution is 2.10. The van der Waals surface area contributed by atoms with Crippen LogP contribution >= 0.6 is 0 Å². The van der Waals surface area contributed by atoms with Crippen molar-refractivity contribution in [2.45, 2.75) is 12.8 Å². The first-order valence-corrected chi connectivity index (χ1v) is 6.77. The molecule has 0 bridgehead atoms. The summed E-state index contributed by atoms with van der Waals surface area (Å²) in [6, 6.07) is 8.10. The minimum Gasteiger partial charge on any atom is -0.0795 e. The Morgan fingerprint density at radius 1 is 0.900 bits per heavy atom. The van der Waals surface area contributed by atoms with E-state index in [9.17, 15) is 0 Å². The third-order valence-electron chi connectivity index (χ3n) is 3.12. The topological polar surface area (TPSA) is 0 Å². The van der Waals surface area contributed by atoms with E-state index in [0.29, 0.717) is 0 Å². The number of rotatable bonds is 0. The molecule has 0 unspecified atom stereocenters. The maximum atomic E-state index is 3.20. The molecule has 0 N–H and O–H groups in total. The van der Waals surface area contributed by atoms with Crippen LogP contribution < -0.4 is 0 Å². The van der Waals surface area contributed by atoms with Gasteiger partial charge in [-0.2, -0.15) is 0 Å². The first-order chi connectivity index (χ1) is 9.90. The van der Waals surface area contributed by atoms with Crippen LogP contribution in [0.25, 0.3) is 0 Å². The average Bonchev–Trinajstić information content (AvgIpc) is 3.17. The number of benzene rings is 1. The Bertz CT molecular complexity index is 759. The molecule has 20 heavy (non-hydrogen) atoms. The van der Waals surface area contributed by atoms with Crippen LogP contribution in [0, 0.1) is 23.7 Å². The van der Waals surface area contributed by atoms with Crippen molar-refractivity contribution < 1.29 is 0 Å². The SMILES string of the molecule is C(#Cc1cccc(C#CC2=CC=CC2)c1)C1=CCC=C1. The van der Waals surface area contributed by atoms with Crippen molar-refractivity contribution in [1.29, 1.82) is 0 Å². The molecule has 0 aliphatic heterocycles. The number of hydrogen-bond donors (Lipinski definition) is 0. The molecule has 0 saturated carbocycles. The second-order valence-electron chi connectivity index (χ2n) is 4.70. The van der Waals surface area contributed by atoms with Gasteiger partial charge in [0.05, 0.1) is 0 Å². The first-order valence-electron chi connectivity index (χ1n) is 6.77. The highest BCUT2D eigenvalue weighted by molar-refractivity contribution is 5.51. The Morgan fingerprint density at radius 2 is 1.75 bits per heavy atom. The Kier molecular flexibility index (Phi) is 3.68. The summed E-state index contributed by atoms with van der Waals surface area (Å²) in [5.74, 6) is 12.8. The lowest BCUT2D eigenvalue weighted by Crippen LogP contribution is -1.79. The summed E-state index contributed by atoms with van der Waals surface area (Å²) in [4.78, 5) is 0. The lowest BCUT2D eigenvalue weighted by Gasteiger charge is -1.93. The molecule has 0 nitrogen and oxygen atoms in total. The predicted molar refractivity (Wildman–Crippen MR) is 83.9 cm³/mol. The van der Waals surface area contributed by atoms with Crippen molar-refractivity contribution >= 4 is 0 Å². The Hall–Kier alpha value is -2.70. The van der Waals surface area contributed by atoms with Crippen LogP contribution in [0.15, 0.2) is 71.9 Å². The maximum Gasteiger partial charge on any atom is 0.0261 e.